The van der Waals surface area contributed by atoms with Crippen LogP contribution in [0.25, 0.3) is 11.3 Å². The third-order valence-corrected chi connectivity index (χ3v) is 4.25. The molecule has 4 nitrogen and oxygen atoms in total. The highest BCUT2D eigenvalue weighted by Crippen LogP contribution is 2.39. The second-order valence-corrected chi connectivity index (χ2v) is 5.63. The Hall–Kier alpha value is -1.17. The lowest BCUT2D eigenvalue weighted by atomic mass is 10.1. The molecule has 1 aliphatic carbocycles. The van der Waals surface area contributed by atoms with E-state index in [1.807, 2.05) is 6.07 Å². The van der Waals surface area contributed by atoms with Crippen LogP contribution in [0.15, 0.2) is 22.7 Å². The third kappa shape index (κ3) is 2.22. The fourth-order valence-corrected chi connectivity index (χ4v) is 2.98. The molecule has 3 rings (SSSR count). The molecule has 1 heterocycles. The van der Waals surface area contributed by atoms with Gasteiger partial charge >= 0.3 is 0 Å². The van der Waals surface area contributed by atoms with Crippen molar-refractivity contribution >= 4 is 15.9 Å². The van der Waals surface area contributed by atoms with E-state index in [1.54, 1.807) is 7.11 Å². The highest BCUT2D eigenvalue weighted by atomic mass is 79.9. The van der Waals surface area contributed by atoms with Gasteiger partial charge in [-0.25, -0.2) is 4.98 Å². The fourth-order valence-electron chi connectivity index (χ4n) is 2.47. The van der Waals surface area contributed by atoms with Gasteiger partial charge in [0.2, 0.25) is 0 Å². The van der Waals surface area contributed by atoms with Crippen molar-refractivity contribution in [2.24, 2.45) is 5.73 Å². The number of benzene rings is 1. The first-order valence-electron chi connectivity index (χ1n) is 6.31. The SMILES string of the molecule is COCCC(N)c1nc2c([nH]1)Cc1c(Br)cccc1-2. The predicted molar refractivity (Wildman–Crippen MR) is 78.0 cm³/mol. The summed E-state index contributed by atoms with van der Waals surface area (Å²) in [5.41, 5.74) is 10.8. The number of hydrogen-bond acceptors (Lipinski definition) is 3. The van der Waals surface area contributed by atoms with Crippen LogP contribution < -0.4 is 5.73 Å². The predicted octanol–water partition coefficient (Wildman–Crippen LogP) is 2.78. The van der Waals surface area contributed by atoms with Crippen LogP contribution in [0.3, 0.4) is 0 Å². The maximum absolute atomic E-state index is 6.11. The Morgan fingerprint density at radius 3 is 3.16 bits per heavy atom. The van der Waals surface area contributed by atoms with Gasteiger partial charge < -0.3 is 15.5 Å². The zero-order chi connectivity index (χ0) is 13.4. The molecule has 0 bridgehead atoms. The molecule has 0 radical (unpaired) electrons. The summed E-state index contributed by atoms with van der Waals surface area (Å²) in [4.78, 5) is 8.03. The minimum Gasteiger partial charge on any atom is -0.385 e. The molecule has 0 saturated carbocycles. The standard InChI is InChI=1S/C14H16BrN3O/c1-19-6-5-11(16)14-17-12-7-9-8(13(12)18-14)3-2-4-10(9)15/h2-4,11H,5-7,16H2,1H3,(H,17,18). The van der Waals surface area contributed by atoms with E-state index < -0.39 is 0 Å². The number of H-pyrrole nitrogens is 1. The number of ether oxygens (including phenoxy) is 1. The quantitative estimate of drug-likeness (QED) is 0.776. The summed E-state index contributed by atoms with van der Waals surface area (Å²) in [6.07, 6.45) is 1.66. The molecule has 0 amide bonds. The number of hydrogen-bond donors (Lipinski definition) is 2. The van der Waals surface area contributed by atoms with Gasteiger partial charge in [-0.05, 0) is 18.1 Å². The largest absolute Gasteiger partial charge is 0.385 e. The van der Waals surface area contributed by atoms with E-state index in [1.165, 1.54) is 11.1 Å². The lowest BCUT2D eigenvalue weighted by molar-refractivity contribution is 0.187. The number of methoxy groups -OCH3 is 1. The van der Waals surface area contributed by atoms with Crippen LogP contribution in [-0.2, 0) is 11.2 Å². The molecule has 19 heavy (non-hydrogen) atoms. The van der Waals surface area contributed by atoms with Gasteiger partial charge in [0, 0.05) is 35.9 Å². The van der Waals surface area contributed by atoms with E-state index in [2.05, 4.69) is 38.0 Å². The van der Waals surface area contributed by atoms with Crippen molar-refractivity contribution in [1.82, 2.24) is 9.97 Å². The molecule has 2 aromatic rings. The monoisotopic (exact) mass is 321 g/mol. The van der Waals surface area contributed by atoms with Crippen LogP contribution in [0.4, 0.5) is 0 Å². The molecular weight excluding hydrogens is 306 g/mol. The smallest absolute Gasteiger partial charge is 0.124 e. The molecule has 0 fully saturated rings. The summed E-state index contributed by atoms with van der Waals surface area (Å²) in [6.45, 7) is 0.647. The molecule has 3 N–H and O–H groups in total. The number of fused-ring (bicyclic) bond motifs is 3. The van der Waals surface area contributed by atoms with Gasteiger partial charge in [0.05, 0.1) is 11.7 Å². The Kier molecular flexibility index (Phi) is 3.43. The van der Waals surface area contributed by atoms with E-state index in [9.17, 15) is 0 Å². The van der Waals surface area contributed by atoms with E-state index in [0.717, 1.165) is 34.5 Å². The summed E-state index contributed by atoms with van der Waals surface area (Å²) in [7, 11) is 1.68. The number of rotatable bonds is 4. The van der Waals surface area contributed by atoms with Gasteiger partial charge in [-0.2, -0.15) is 0 Å². The maximum atomic E-state index is 6.11. The lowest BCUT2D eigenvalue weighted by Gasteiger charge is -2.08. The van der Waals surface area contributed by atoms with Crippen LogP contribution in [-0.4, -0.2) is 23.7 Å². The average molecular weight is 322 g/mol. The highest BCUT2D eigenvalue weighted by molar-refractivity contribution is 9.10. The molecule has 5 heteroatoms. The molecule has 0 aliphatic heterocycles. The summed E-state index contributed by atoms with van der Waals surface area (Å²) in [5.74, 6) is 0.854. The molecule has 1 aromatic carbocycles. The van der Waals surface area contributed by atoms with E-state index >= 15 is 0 Å². The van der Waals surface area contributed by atoms with Crippen LogP contribution in [0.2, 0.25) is 0 Å². The van der Waals surface area contributed by atoms with Crippen LogP contribution >= 0.6 is 15.9 Å². The Bertz CT molecular complexity index is 609. The molecule has 100 valence electrons. The number of aromatic nitrogens is 2. The molecule has 0 saturated heterocycles. The van der Waals surface area contributed by atoms with E-state index in [0.29, 0.717) is 6.61 Å². The first-order chi connectivity index (χ1) is 9.20. The molecular formula is C14H16BrN3O. The third-order valence-electron chi connectivity index (χ3n) is 3.51. The summed E-state index contributed by atoms with van der Waals surface area (Å²) < 4.78 is 6.20. The first-order valence-corrected chi connectivity index (χ1v) is 7.11. The van der Waals surface area contributed by atoms with Gasteiger partial charge in [-0.1, -0.05) is 28.1 Å². The number of halogens is 1. The van der Waals surface area contributed by atoms with Gasteiger partial charge in [-0.3, -0.25) is 0 Å². The zero-order valence-electron chi connectivity index (χ0n) is 10.7. The maximum Gasteiger partial charge on any atom is 0.124 e. The Morgan fingerprint density at radius 1 is 1.53 bits per heavy atom. The molecule has 1 aliphatic rings. The number of aromatic amines is 1. The number of nitrogens with zero attached hydrogens (tertiary/aromatic N) is 1. The van der Waals surface area contributed by atoms with Crippen molar-refractivity contribution in [3.05, 3.63) is 39.8 Å². The average Bonchev–Trinajstić information content (AvgIpc) is 2.95. The van der Waals surface area contributed by atoms with Crippen LogP contribution in [0.1, 0.15) is 29.5 Å². The molecule has 1 unspecified atom stereocenters. The molecule has 1 aromatic heterocycles. The second kappa shape index (κ2) is 5.07. The van der Waals surface area contributed by atoms with Crippen molar-refractivity contribution < 1.29 is 4.74 Å². The Labute approximate surface area is 120 Å². The molecule has 1 atom stereocenters. The van der Waals surface area contributed by atoms with E-state index in [4.69, 9.17) is 10.5 Å². The van der Waals surface area contributed by atoms with Crippen LogP contribution in [0, 0.1) is 0 Å². The summed E-state index contributed by atoms with van der Waals surface area (Å²) >= 11 is 3.59. The Balaban J connectivity index is 1.91. The zero-order valence-corrected chi connectivity index (χ0v) is 12.3. The van der Waals surface area contributed by atoms with Crippen molar-refractivity contribution in [3.63, 3.8) is 0 Å². The summed E-state index contributed by atoms with van der Waals surface area (Å²) in [5, 5.41) is 0. The highest BCUT2D eigenvalue weighted by Gasteiger charge is 2.25. The minimum atomic E-state index is -0.0962. The second-order valence-electron chi connectivity index (χ2n) is 4.78. The summed E-state index contributed by atoms with van der Waals surface area (Å²) in [6, 6.07) is 6.12. The number of nitrogens with two attached hydrogens (primary N) is 1. The topological polar surface area (TPSA) is 63.9 Å². The van der Waals surface area contributed by atoms with Gasteiger partial charge in [-0.15, -0.1) is 0 Å². The Morgan fingerprint density at radius 2 is 2.37 bits per heavy atom. The van der Waals surface area contributed by atoms with Crippen molar-refractivity contribution in [1.29, 1.82) is 0 Å². The van der Waals surface area contributed by atoms with Gasteiger partial charge in [0.15, 0.2) is 0 Å². The van der Waals surface area contributed by atoms with Crippen LogP contribution in [0.5, 0.6) is 0 Å². The van der Waals surface area contributed by atoms with Gasteiger partial charge in [0.25, 0.3) is 0 Å². The van der Waals surface area contributed by atoms with Crippen molar-refractivity contribution in [3.8, 4) is 11.3 Å². The number of imidazole rings is 1. The van der Waals surface area contributed by atoms with Gasteiger partial charge in [0.1, 0.15) is 5.82 Å². The first kappa shape index (κ1) is 12.8. The van der Waals surface area contributed by atoms with Crippen molar-refractivity contribution in [2.45, 2.75) is 18.9 Å². The lowest BCUT2D eigenvalue weighted by Crippen LogP contribution is -2.14. The normalized spacial score (nSPS) is 14.3. The number of nitrogens with one attached hydrogen (secondary N) is 1. The van der Waals surface area contributed by atoms with E-state index in [-0.39, 0.29) is 6.04 Å². The molecule has 0 spiro atoms. The fraction of sp³-hybridized carbons (Fsp3) is 0.357. The van der Waals surface area contributed by atoms with Crippen molar-refractivity contribution in [2.75, 3.05) is 13.7 Å². The minimum absolute atomic E-state index is 0.0962.